The number of nitrogens with zero attached hydrogens (tertiary/aromatic N) is 1. The lowest BCUT2D eigenvalue weighted by atomic mass is 9.96. The molecule has 0 unspecified atom stereocenters. The Kier molecular flexibility index (Phi) is 4.66. The monoisotopic (exact) mass is 224 g/mol. The van der Waals surface area contributed by atoms with Crippen molar-refractivity contribution in [2.45, 2.75) is 76.9 Å². The van der Waals surface area contributed by atoms with Gasteiger partial charge in [0.2, 0.25) is 0 Å². The summed E-state index contributed by atoms with van der Waals surface area (Å²) < 4.78 is 0. The van der Waals surface area contributed by atoms with Crippen molar-refractivity contribution in [2.24, 2.45) is 0 Å². The average Bonchev–Trinajstić information content (AvgIpc) is 2.52. The molecule has 2 aliphatic heterocycles. The minimum Gasteiger partial charge on any atom is -0.313 e. The van der Waals surface area contributed by atoms with Crippen LogP contribution in [0.3, 0.4) is 0 Å². The standard InChI is InChI=1S/C14H28N2/c1-12-7-6-8-13(2)16(12)11-14-9-4-3-5-10-15-14/h12-15H,3-11H2,1-2H3/t12-,13-,14-/m0/s1. The Bertz CT molecular complexity index is 187. The summed E-state index contributed by atoms with van der Waals surface area (Å²) in [6, 6.07) is 2.35. The van der Waals surface area contributed by atoms with E-state index in [9.17, 15) is 0 Å². The fraction of sp³-hybridized carbons (Fsp3) is 1.00. The van der Waals surface area contributed by atoms with Crippen LogP contribution in [0, 0.1) is 0 Å². The van der Waals surface area contributed by atoms with Crippen molar-refractivity contribution in [3.8, 4) is 0 Å². The van der Waals surface area contributed by atoms with E-state index in [4.69, 9.17) is 0 Å². The van der Waals surface area contributed by atoms with Crippen LogP contribution in [0.1, 0.15) is 58.8 Å². The largest absolute Gasteiger partial charge is 0.313 e. The Hall–Kier alpha value is -0.0800. The summed E-state index contributed by atoms with van der Waals surface area (Å²) in [6.45, 7) is 7.34. The number of piperidine rings is 1. The van der Waals surface area contributed by atoms with E-state index in [2.05, 4.69) is 24.1 Å². The second-order valence-corrected chi connectivity index (χ2v) is 5.83. The number of nitrogens with one attached hydrogen (secondary N) is 1. The van der Waals surface area contributed by atoms with Crippen molar-refractivity contribution in [2.75, 3.05) is 13.1 Å². The second-order valence-electron chi connectivity index (χ2n) is 5.83. The van der Waals surface area contributed by atoms with E-state index < -0.39 is 0 Å². The molecule has 2 heteroatoms. The van der Waals surface area contributed by atoms with E-state index in [-0.39, 0.29) is 0 Å². The van der Waals surface area contributed by atoms with Gasteiger partial charge in [0, 0.05) is 24.7 Å². The lowest BCUT2D eigenvalue weighted by Gasteiger charge is -2.41. The fourth-order valence-corrected chi connectivity index (χ4v) is 3.35. The van der Waals surface area contributed by atoms with Crippen molar-refractivity contribution in [1.82, 2.24) is 10.2 Å². The summed E-state index contributed by atoms with van der Waals surface area (Å²) >= 11 is 0. The third kappa shape index (κ3) is 3.21. The van der Waals surface area contributed by atoms with Gasteiger partial charge in [-0.2, -0.15) is 0 Å². The van der Waals surface area contributed by atoms with E-state index in [0.717, 1.165) is 18.1 Å². The molecule has 94 valence electrons. The summed E-state index contributed by atoms with van der Waals surface area (Å²) in [6.07, 6.45) is 9.84. The summed E-state index contributed by atoms with van der Waals surface area (Å²) in [4.78, 5) is 2.74. The molecular formula is C14H28N2. The number of likely N-dealkylation sites (tertiary alicyclic amines) is 1. The molecule has 1 N–H and O–H groups in total. The van der Waals surface area contributed by atoms with Gasteiger partial charge >= 0.3 is 0 Å². The maximum atomic E-state index is 3.73. The van der Waals surface area contributed by atoms with Crippen LogP contribution in [0.15, 0.2) is 0 Å². The molecule has 2 fully saturated rings. The maximum Gasteiger partial charge on any atom is 0.0195 e. The van der Waals surface area contributed by atoms with Crippen LogP contribution in [0.4, 0.5) is 0 Å². The summed E-state index contributed by atoms with van der Waals surface area (Å²) in [7, 11) is 0. The highest BCUT2D eigenvalue weighted by atomic mass is 15.2. The predicted octanol–water partition coefficient (Wildman–Crippen LogP) is 2.78. The van der Waals surface area contributed by atoms with Gasteiger partial charge in [-0.1, -0.05) is 19.3 Å². The van der Waals surface area contributed by atoms with Gasteiger partial charge in [-0.15, -0.1) is 0 Å². The topological polar surface area (TPSA) is 15.3 Å². The predicted molar refractivity (Wildman–Crippen MR) is 69.7 cm³/mol. The molecule has 0 aromatic rings. The van der Waals surface area contributed by atoms with Crippen molar-refractivity contribution in [1.29, 1.82) is 0 Å². The third-order valence-electron chi connectivity index (χ3n) is 4.47. The normalized spacial score (nSPS) is 38.2. The minimum atomic E-state index is 0.755. The first-order valence-corrected chi connectivity index (χ1v) is 7.26. The van der Waals surface area contributed by atoms with Gasteiger partial charge in [-0.05, 0) is 46.1 Å². The van der Waals surface area contributed by atoms with Crippen LogP contribution in [-0.2, 0) is 0 Å². The molecule has 0 aromatic heterocycles. The molecule has 0 bridgehead atoms. The van der Waals surface area contributed by atoms with Gasteiger partial charge < -0.3 is 5.32 Å². The van der Waals surface area contributed by atoms with E-state index in [1.54, 1.807) is 0 Å². The quantitative estimate of drug-likeness (QED) is 0.776. The SMILES string of the molecule is C[C@H]1CCC[C@H](C)N1C[C@@H]1CCCCCN1. The molecule has 0 saturated carbocycles. The summed E-state index contributed by atoms with van der Waals surface area (Å²) in [5.41, 5.74) is 0. The first-order valence-electron chi connectivity index (χ1n) is 7.26. The molecule has 16 heavy (non-hydrogen) atoms. The molecule has 3 atom stereocenters. The van der Waals surface area contributed by atoms with Gasteiger partial charge in [0.05, 0.1) is 0 Å². The Morgan fingerprint density at radius 2 is 1.69 bits per heavy atom. The fourth-order valence-electron chi connectivity index (χ4n) is 3.35. The Balaban J connectivity index is 1.85. The second kappa shape index (κ2) is 6.02. The zero-order valence-corrected chi connectivity index (χ0v) is 11.0. The van der Waals surface area contributed by atoms with E-state index in [0.29, 0.717) is 0 Å². The average molecular weight is 224 g/mol. The molecule has 0 aliphatic carbocycles. The zero-order chi connectivity index (χ0) is 11.4. The van der Waals surface area contributed by atoms with Gasteiger partial charge in [0.15, 0.2) is 0 Å². The first-order chi connectivity index (χ1) is 7.77. The van der Waals surface area contributed by atoms with Gasteiger partial charge in [-0.25, -0.2) is 0 Å². The molecule has 0 spiro atoms. The van der Waals surface area contributed by atoms with Crippen LogP contribution in [-0.4, -0.2) is 36.1 Å². The molecular weight excluding hydrogens is 196 g/mol. The first kappa shape index (κ1) is 12.4. The Labute approximate surface area is 101 Å². The van der Waals surface area contributed by atoms with Gasteiger partial charge in [-0.3, -0.25) is 4.90 Å². The number of rotatable bonds is 2. The van der Waals surface area contributed by atoms with Crippen molar-refractivity contribution >= 4 is 0 Å². The number of hydrogen-bond acceptors (Lipinski definition) is 2. The highest BCUT2D eigenvalue weighted by Gasteiger charge is 2.26. The van der Waals surface area contributed by atoms with Crippen molar-refractivity contribution in [3.63, 3.8) is 0 Å². The Morgan fingerprint density at radius 1 is 0.938 bits per heavy atom. The summed E-state index contributed by atoms with van der Waals surface area (Å²) in [5, 5.41) is 3.73. The van der Waals surface area contributed by atoms with Crippen molar-refractivity contribution < 1.29 is 0 Å². The van der Waals surface area contributed by atoms with Gasteiger partial charge in [0.1, 0.15) is 0 Å². The van der Waals surface area contributed by atoms with Crippen molar-refractivity contribution in [3.05, 3.63) is 0 Å². The maximum absolute atomic E-state index is 3.73. The molecule has 0 aromatic carbocycles. The zero-order valence-electron chi connectivity index (χ0n) is 11.0. The minimum absolute atomic E-state index is 0.755. The highest BCUT2D eigenvalue weighted by molar-refractivity contribution is 4.84. The molecule has 2 rings (SSSR count). The van der Waals surface area contributed by atoms with Crippen LogP contribution in [0.25, 0.3) is 0 Å². The molecule has 2 heterocycles. The number of hydrogen-bond donors (Lipinski definition) is 1. The summed E-state index contributed by atoms with van der Waals surface area (Å²) in [5.74, 6) is 0. The van der Waals surface area contributed by atoms with E-state index >= 15 is 0 Å². The van der Waals surface area contributed by atoms with Crippen LogP contribution in [0.2, 0.25) is 0 Å². The lowest BCUT2D eigenvalue weighted by Crippen LogP contribution is -2.50. The molecule has 2 nitrogen and oxygen atoms in total. The molecule has 0 radical (unpaired) electrons. The van der Waals surface area contributed by atoms with Crippen LogP contribution < -0.4 is 5.32 Å². The van der Waals surface area contributed by atoms with Crippen LogP contribution in [0.5, 0.6) is 0 Å². The molecule has 2 aliphatic rings. The Morgan fingerprint density at radius 3 is 2.44 bits per heavy atom. The van der Waals surface area contributed by atoms with E-state index in [1.165, 1.54) is 58.0 Å². The molecule has 2 saturated heterocycles. The third-order valence-corrected chi connectivity index (χ3v) is 4.47. The van der Waals surface area contributed by atoms with E-state index in [1.807, 2.05) is 0 Å². The molecule has 0 amide bonds. The van der Waals surface area contributed by atoms with Gasteiger partial charge in [0.25, 0.3) is 0 Å². The highest BCUT2D eigenvalue weighted by Crippen LogP contribution is 2.23. The lowest BCUT2D eigenvalue weighted by molar-refractivity contribution is 0.0902. The van der Waals surface area contributed by atoms with Crippen LogP contribution >= 0.6 is 0 Å². The smallest absolute Gasteiger partial charge is 0.0195 e.